The molecule has 0 saturated carbocycles. The van der Waals surface area contributed by atoms with Crippen molar-refractivity contribution in [1.29, 1.82) is 0 Å². The van der Waals surface area contributed by atoms with E-state index in [2.05, 4.69) is 4.74 Å². The number of benzene rings is 1. The molecule has 1 aromatic heterocycles. The van der Waals surface area contributed by atoms with Gasteiger partial charge in [-0.05, 0) is 24.3 Å². The Balaban J connectivity index is 2.03. The van der Waals surface area contributed by atoms with Crippen LogP contribution in [0.3, 0.4) is 0 Å². The first kappa shape index (κ1) is 12.9. The smallest absolute Gasteiger partial charge is 0.374 e. The van der Waals surface area contributed by atoms with Gasteiger partial charge in [0.05, 0.1) is 13.5 Å². The highest BCUT2D eigenvalue weighted by molar-refractivity contribution is 5.93. The number of rotatable bonds is 4. The molecule has 19 heavy (non-hydrogen) atoms. The monoisotopic (exact) mass is 263 g/mol. The topological polar surface area (TPSA) is 91.8 Å². The second-order valence-corrected chi connectivity index (χ2v) is 3.87. The summed E-state index contributed by atoms with van der Waals surface area (Å²) >= 11 is 0. The zero-order valence-electron chi connectivity index (χ0n) is 10.3. The van der Waals surface area contributed by atoms with Crippen molar-refractivity contribution in [1.82, 2.24) is 0 Å². The van der Waals surface area contributed by atoms with Crippen molar-refractivity contribution < 1.29 is 23.5 Å². The molecule has 1 aromatic carbocycles. The molecule has 0 radical (unpaired) electrons. The van der Waals surface area contributed by atoms with Crippen molar-refractivity contribution in [3.63, 3.8) is 0 Å². The fourth-order valence-electron chi connectivity index (χ4n) is 1.56. The van der Waals surface area contributed by atoms with Crippen LogP contribution in [0.1, 0.15) is 17.0 Å². The number of ether oxygens (including phenoxy) is 2. The van der Waals surface area contributed by atoms with Crippen molar-refractivity contribution in [3.05, 3.63) is 30.0 Å². The first-order chi connectivity index (χ1) is 9.10. The zero-order valence-corrected chi connectivity index (χ0v) is 10.3. The normalized spacial score (nSPS) is 10.4. The molecule has 6 heteroatoms. The highest BCUT2D eigenvalue weighted by Gasteiger charge is 2.14. The summed E-state index contributed by atoms with van der Waals surface area (Å²) in [6.07, 6.45) is 0.00934. The summed E-state index contributed by atoms with van der Waals surface area (Å²) in [5, 5.41) is 0.722. The number of furan rings is 1. The van der Waals surface area contributed by atoms with Gasteiger partial charge in [0.2, 0.25) is 5.76 Å². The third-order valence-electron chi connectivity index (χ3n) is 2.51. The van der Waals surface area contributed by atoms with Crippen LogP contribution in [0.25, 0.3) is 11.0 Å². The molecular formula is C13H13NO5. The number of methoxy groups -OCH3 is 1. The van der Waals surface area contributed by atoms with Gasteiger partial charge in [0.25, 0.3) is 0 Å². The molecule has 2 N–H and O–H groups in total. The van der Waals surface area contributed by atoms with Crippen LogP contribution in [-0.2, 0) is 14.3 Å². The van der Waals surface area contributed by atoms with Crippen LogP contribution in [0.15, 0.2) is 28.7 Å². The largest absolute Gasteiger partial charge is 0.469 e. The molecule has 0 amide bonds. The molecular weight excluding hydrogens is 250 g/mol. The molecule has 0 atom stereocenters. The first-order valence-corrected chi connectivity index (χ1v) is 5.63. The van der Waals surface area contributed by atoms with Crippen LogP contribution < -0.4 is 5.73 Å². The number of anilines is 1. The van der Waals surface area contributed by atoms with Crippen molar-refractivity contribution in [2.24, 2.45) is 0 Å². The lowest BCUT2D eigenvalue weighted by molar-refractivity contribution is -0.141. The van der Waals surface area contributed by atoms with Gasteiger partial charge in [0, 0.05) is 11.1 Å². The minimum Gasteiger partial charge on any atom is -0.469 e. The molecule has 100 valence electrons. The number of hydrogen-bond donors (Lipinski definition) is 1. The average Bonchev–Trinajstić information content (AvgIpc) is 2.81. The number of fused-ring (bicyclic) bond motifs is 1. The van der Waals surface area contributed by atoms with Gasteiger partial charge < -0.3 is 19.6 Å². The second kappa shape index (κ2) is 5.43. The molecule has 0 spiro atoms. The van der Waals surface area contributed by atoms with E-state index >= 15 is 0 Å². The fourth-order valence-corrected chi connectivity index (χ4v) is 1.56. The summed E-state index contributed by atoms with van der Waals surface area (Å²) in [7, 11) is 1.27. The molecule has 6 nitrogen and oxygen atoms in total. The summed E-state index contributed by atoms with van der Waals surface area (Å²) < 4.78 is 14.6. The minimum atomic E-state index is -0.626. The fraction of sp³-hybridized carbons (Fsp3) is 0.231. The van der Waals surface area contributed by atoms with Crippen LogP contribution in [0.5, 0.6) is 0 Å². The highest BCUT2D eigenvalue weighted by atomic mass is 16.6. The molecule has 2 aromatic rings. The summed E-state index contributed by atoms with van der Waals surface area (Å²) in [4.78, 5) is 22.5. The molecule has 0 bridgehead atoms. The Hall–Kier alpha value is -2.50. The standard InChI is InChI=1S/C13H13NO5/c1-17-12(15)4-5-18-13(16)11-7-8-6-9(14)2-3-10(8)19-11/h2-3,6-7H,4-5,14H2,1H3. The Kier molecular flexibility index (Phi) is 3.70. The van der Waals surface area contributed by atoms with Gasteiger partial charge in [0.1, 0.15) is 12.2 Å². The number of hydrogen-bond acceptors (Lipinski definition) is 6. The van der Waals surface area contributed by atoms with Crippen molar-refractivity contribution >= 4 is 28.6 Å². The predicted octanol–water partition coefficient (Wildman–Crippen LogP) is 1.73. The lowest BCUT2D eigenvalue weighted by Gasteiger charge is -2.01. The van der Waals surface area contributed by atoms with Crippen molar-refractivity contribution in [2.45, 2.75) is 6.42 Å². The van der Waals surface area contributed by atoms with E-state index in [0.29, 0.717) is 11.3 Å². The van der Waals surface area contributed by atoms with Gasteiger partial charge in [-0.25, -0.2) is 4.79 Å². The van der Waals surface area contributed by atoms with E-state index in [9.17, 15) is 9.59 Å². The lowest BCUT2D eigenvalue weighted by Crippen LogP contribution is -2.10. The van der Waals surface area contributed by atoms with Crippen molar-refractivity contribution in [2.75, 3.05) is 19.5 Å². The molecule has 2 rings (SSSR count). The SMILES string of the molecule is COC(=O)CCOC(=O)c1cc2cc(N)ccc2o1. The van der Waals surface area contributed by atoms with E-state index in [-0.39, 0.29) is 18.8 Å². The molecule has 0 saturated heterocycles. The number of esters is 2. The summed E-state index contributed by atoms with van der Waals surface area (Å²) in [6.45, 7) is -0.0509. The first-order valence-electron chi connectivity index (χ1n) is 5.63. The Morgan fingerprint density at radius 2 is 2.11 bits per heavy atom. The van der Waals surface area contributed by atoms with Gasteiger partial charge in [-0.2, -0.15) is 0 Å². The van der Waals surface area contributed by atoms with Gasteiger partial charge >= 0.3 is 11.9 Å². The van der Waals surface area contributed by atoms with Gasteiger partial charge in [0.15, 0.2) is 0 Å². The maximum absolute atomic E-state index is 11.7. The molecule has 0 aliphatic carbocycles. The van der Waals surface area contributed by atoms with Gasteiger partial charge in [-0.15, -0.1) is 0 Å². The second-order valence-electron chi connectivity index (χ2n) is 3.87. The van der Waals surface area contributed by atoms with E-state index in [4.69, 9.17) is 14.9 Å². The molecule has 0 fully saturated rings. The number of carbonyl (C=O) groups excluding carboxylic acids is 2. The van der Waals surface area contributed by atoms with Crippen LogP contribution >= 0.6 is 0 Å². The van der Waals surface area contributed by atoms with Crippen LogP contribution in [0, 0.1) is 0 Å². The third kappa shape index (κ3) is 3.04. The molecule has 0 aliphatic heterocycles. The van der Waals surface area contributed by atoms with Crippen LogP contribution in [0.2, 0.25) is 0 Å². The molecule has 0 unspecified atom stereocenters. The Labute approximate surface area is 109 Å². The van der Waals surface area contributed by atoms with E-state index in [1.54, 1.807) is 24.3 Å². The van der Waals surface area contributed by atoms with E-state index < -0.39 is 11.9 Å². The third-order valence-corrected chi connectivity index (χ3v) is 2.51. The zero-order chi connectivity index (χ0) is 13.8. The predicted molar refractivity (Wildman–Crippen MR) is 67.5 cm³/mol. The number of nitrogen functional groups attached to an aromatic ring is 1. The van der Waals surface area contributed by atoms with E-state index in [1.165, 1.54) is 7.11 Å². The van der Waals surface area contributed by atoms with Gasteiger partial charge in [-0.3, -0.25) is 4.79 Å². The van der Waals surface area contributed by atoms with Crippen LogP contribution in [0.4, 0.5) is 5.69 Å². The molecule has 1 heterocycles. The maximum Gasteiger partial charge on any atom is 0.374 e. The number of nitrogens with two attached hydrogens (primary N) is 1. The van der Waals surface area contributed by atoms with Crippen molar-refractivity contribution in [3.8, 4) is 0 Å². The Morgan fingerprint density at radius 3 is 2.84 bits per heavy atom. The van der Waals surface area contributed by atoms with E-state index in [0.717, 1.165) is 5.39 Å². The Morgan fingerprint density at radius 1 is 1.32 bits per heavy atom. The average molecular weight is 263 g/mol. The quantitative estimate of drug-likeness (QED) is 0.667. The van der Waals surface area contributed by atoms with Crippen LogP contribution in [-0.4, -0.2) is 25.7 Å². The molecule has 0 aliphatic rings. The lowest BCUT2D eigenvalue weighted by atomic mass is 10.2. The summed E-state index contributed by atoms with van der Waals surface area (Å²) in [5.41, 5.74) is 6.76. The Bertz CT molecular complexity index is 617. The highest BCUT2D eigenvalue weighted by Crippen LogP contribution is 2.22. The van der Waals surface area contributed by atoms with Gasteiger partial charge in [-0.1, -0.05) is 0 Å². The maximum atomic E-state index is 11.7. The minimum absolute atomic E-state index is 0.00934. The van der Waals surface area contributed by atoms with E-state index in [1.807, 2.05) is 0 Å². The number of carbonyl (C=O) groups is 2. The summed E-state index contributed by atoms with van der Waals surface area (Å²) in [6, 6.07) is 6.60. The summed E-state index contributed by atoms with van der Waals surface area (Å²) in [5.74, 6) is -0.991.